The maximum absolute atomic E-state index is 4.44. The summed E-state index contributed by atoms with van der Waals surface area (Å²) in [5.74, 6) is 0. The molecular formula is C19H30BrN3. The molecule has 0 saturated carbocycles. The summed E-state index contributed by atoms with van der Waals surface area (Å²) in [4.78, 5) is 0. The third kappa shape index (κ3) is 7.78. The number of para-hydroxylation sites is 1. The van der Waals surface area contributed by atoms with Crippen molar-refractivity contribution >= 4 is 0 Å². The Morgan fingerprint density at radius 3 is 2.13 bits per heavy atom. The second-order valence-electron chi connectivity index (χ2n) is 6.08. The van der Waals surface area contributed by atoms with Crippen LogP contribution in [0, 0.1) is 0 Å². The molecule has 0 unspecified atom stereocenters. The number of aromatic nitrogens is 3. The molecule has 0 bridgehead atoms. The van der Waals surface area contributed by atoms with Crippen LogP contribution in [0.4, 0.5) is 0 Å². The molecule has 4 heteroatoms. The maximum atomic E-state index is 4.44. The van der Waals surface area contributed by atoms with Crippen molar-refractivity contribution in [2.45, 2.75) is 71.3 Å². The average Bonchev–Trinajstić information content (AvgIpc) is 3.03. The Hall–Kier alpha value is -1.16. The first kappa shape index (κ1) is 19.9. The van der Waals surface area contributed by atoms with Gasteiger partial charge in [0, 0.05) is 5.10 Å². The lowest BCUT2D eigenvalue weighted by molar-refractivity contribution is -0.596. The molecule has 23 heavy (non-hydrogen) atoms. The Bertz CT molecular complexity index is 510. The van der Waals surface area contributed by atoms with Gasteiger partial charge in [-0.05, 0) is 18.6 Å². The first-order valence-electron chi connectivity index (χ1n) is 8.89. The zero-order valence-electron chi connectivity index (χ0n) is 14.3. The smallest absolute Gasteiger partial charge is 0.270 e. The first-order valence-corrected chi connectivity index (χ1v) is 8.89. The van der Waals surface area contributed by atoms with Gasteiger partial charge >= 0.3 is 0 Å². The molecule has 0 spiro atoms. The zero-order chi connectivity index (χ0) is 15.5. The Kier molecular flexibility index (Phi) is 10.6. The Balaban J connectivity index is 0.00000264. The molecule has 0 atom stereocenters. The third-order valence-corrected chi connectivity index (χ3v) is 4.13. The number of hydrogen-bond acceptors (Lipinski definition) is 1. The van der Waals surface area contributed by atoms with E-state index in [9.17, 15) is 0 Å². The Morgan fingerprint density at radius 1 is 0.870 bits per heavy atom. The summed E-state index contributed by atoms with van der Waals surface area (Å²) in [6.45, 7) is 3.30. The summed E-state index contributed by atoms with van der Waals surface area (Å²) in [7, 11) is 0. The van der Waals surface area contributed by atoms with Crippen molar-refractivity contribution in [3.8, 4) is 5.69 Å². The standard InChI is InChI=1S/C19H30N3.BrH/c1-2-3-4-5-6-7-8-9-13-16-22-18-21(17-20-22)19-14-11-10-12-15-19;/h10-12,14-15,17-18H,2-9,13,16H2,1H3;1H/q+1;/p-1. The SMILES string of the molecule is CCCCCCCCCCCn1c[n+](-c2ccccc2)cn1.[Br-]. The fraction of sp³-hybridized carbons (Fsp3) is 0.579. The minimum atomic E-state index is 0. The van der Waals surface area contributed by atoms with Crippen LogP contribution >= 0.6 is 0 Å². The van der Waals surface area contributed by atoms with Crippen molar-refractivity contribution in [3.63, 3.8) is 0 Å². The van der Waals surface area contributed by atoms with Crippen molar-refractivity contribution in [1.82, 2.24) is 9.78 Å². The number of rotatable bonds is 11. The van der Waals surface area contributed by atoms with E-state index < -0.39 is 0 Å². The van der Waals surface area contributed by atoms with Crippen LogP contribution in [0.3, 0.4) is 0 Å². The predicted molar refractivity (Wildman–Crippen MR) is 91.0 cm³/mol. The molecular weight excluding hydrogens is 350 g/mol. The number of unbranched alkanes of at least 4 members (excludes halogenated alkanes) is 8. The van der Waals surface area contributed by atoms with Gasteiger partial charge in [-0.3, -0.25) is 0 Å². The van der Waals surface area contributed by atoms with Crippen LogP contribution < -0.4 is 21.5 Å². The average molecular weight is 380 g/mol. The molecule has 0 N–H and O–H groups in total. The van der Waals surface area contributed by atoms with E-state index in [0.29, 0.717) is 0 Å². The van der Waals surface area contributed by atoms with Crippen molar-refractivity contribution in [3.05, 3.63) is 43.0 Å². The molecule has 0 aliphatic carbocycles. The number of nitrogens with zero attached hydrogens (tertiary/aromatic N) is 3. The van der Waals surface area contributed by atoms with Gasteiger partial charge in [0.15, 0.2) is 0 Å². The summed E-state index contributed by atoms with van der Waals surface area (Å²) < 4.78 is 4.13. The van der Waals surface area contributed by atoms with Gasteiger partial charge in [-0.2, -0.15) is 0 Å². The van der Waals surface area contributed by atoms with Crippen LogP contribution in [0.25, 0.3) is 5.69 Å². The quantitative estimate of drug-likeness (QED) is 0.430. The molecule has 2 rings (SSSR count). The molecule has 2 aromatic rings. The molecule has 0 aliphatic heterocycles. The lowest BCUT2D eigenvalue weighted by Gasteiger charge is -2.00. The summed E-state index contributed by atoms with van der Waals surface area (Å²) in [5, 5.41) is 4.44. The van der Waals surface area contributed by atoms with Crippen LogP contribution in [0.15, 0.2) is 43.0 Å². The Labute approximate surface area is 151 Å². The third-order valence-electron chi connectivity index (χ3n) is 4.13. The molecule has 0 radical (unpaired) electrons. The highest BCUT2D eigenvalue weighted by molar-refractivity contribution is 5.20. The van der Waals surface area contributed by atoms with Crippen molar-refractivity contribution in [2.24, 2.45) is 0 Å². The topological polar surface area (TPSA) is 21.7 Å². The molecule has 1 aromatic heterocycles. The van der Waals surface area contributed by atoms with E-state index >= 15 is 0 Å². The van der Waals surface area contributed by atoms with Gasteiger partial charge in [-0.15, -0.1) is 4.68 Å². The molecule has 128 valence electrons. The van der Waals surface area contributed by atoms with E-state index in [0.717, 1.165) is 6.54 Å². The van der Waals surface area contributed by atoms with Gasteiger partial charge in [0.25, 0.3) is 6.33 Å². The monoisotopic (exact) mass is 379 g/mol. The summed E-state index contributed by atoms with van der Waals surface area (Å²) in [6.07, 6.45) is 16.3. The largest absolute Gasteiger partial charge is 1.00 e. The van der Waals surface area contributed by atoms with Crippen LogP contribution in [0.1, 0.15) is 64.7 Å². The second kappa shape index (κ2) is 12.3. The summed E-state index contributed by atoms with van der Waals surface area (Å²) >= 11 is 0. The summed E-state index contributed by atoms with van der Waals surface area (Å²) in [5.41, 5.74) is 1.17. The minimum Gasteiger partial charge on any atom is -1.00 e. The number of halogens is 1. The van der Waals surface area contributed by atoms with E-state index in [1.165, 1.54) is 63.5 Å². The van der Waals surface area contributed by atoms with E-state index in [1.807, 2.05) is 17.1 Å². The number of benzene rings is 1. The molecule has 1 heterocycles. The lowest BCUT2D eigenvalue weighted by atomic mass is 10.1. The highest BCUT2D eigenvalue weighted by Gasteiger charge is 2.06. The van der Waals surface area contributed by atoms with Gasteiger partial charge < -0.3 is 17.0 Å². The molecule has 0 amide bonds. The first-order chi connectivity index (χ1) is 10.9. The molecule has 0 fully saturated rings. The van der Waals surface area contributed by atoms with Crippen molar-refractivity contribution in [1.29, 1.82) is 0 Å². The zero-order valence-corrected chi connectivity index (χ0v) is 15.9. The molecule has 0 aliphatic rings. The number of aryl methyl sites for hydroxylation is 1. The number of hydrogen-bond donors (Lipinski definition) is 0. The van der Waals surface area contributed by atoms with Gasteiger partial charge in [0.1, 0.15) is 12.2 Å². The van der Waals surface area contributed by atoms with Crippen LogP contribution in [-0.2, 0) is 6.54 Å². The summed E-state index contributed by atoms with van der Waals surface area (Å²) in [6, 6.07) is 10.4. The lowest BCUT2D eigenvalue weighted by Crippen LogP contribution is -3.00. The highest BCUT2D eigenvalue weighted by Crippen LogP contribution is 2.09. The van der Waals surface area contributed by atoms with Crippen LogP contribution in [0.2, 0.25) is 0 Å². The molecule has 1 aromatic carbocycles. The van der Waals surface area contributed by atoms with Gasteiger partial charge in [0.05, 0.1) is 0 Å². The molecule has 3 nitrogen and oxygen atoms in total. The van der Waals surface area contributed by atoms with Crippen LogP contribution in [-0.4, -0.2) is 9.78 Å². The highest BCUT2D eigenvalue weighted by atomic mass is 79.9. The minimum absolute atomic E-state index is 0. The van der Waals surface area contributed by atoms with E-state index in [-0.39, 0.29) is 17.0 Å². The van der Waals surface area contributed by atoms with Crippen LogP contribution in [0.5, 0.6) is 0 Å². The predicted octanol–water partition coefficient (Wildman–Crippen LogP) is 1.69. The maximum Gasteiger partial charge on any atom is 0.270 e. The van der Waals surface area contributed by atoms with Gasteiger partial charge in [-0.25, -0.2) is 4.57 Å². The van der Waals surface area contributed by atoms with E-state index in [1.54, 1.807) is 0 Å². The fourth-order valence-corrected chi connectivity index (χ4v) is 2.76. The van der Waals surface area contributed by atoms with Gasteiger partial charge in [0.2, 0.25) is 6.33 Å². The van der Waals surface area contributed by atoms with Crippen molar-refractivity contribution < 1.29 is 21.5 Å². The molecule has 0 saturated heterocycles. The fourth-order valence-electron chi connectivity index (χ4n) is 2.76. The normalized spacial score (nSPS) is 10.5. The van der Waals surface area contributed by atoms with Gasteiger partial charge in [-0.1, -0.05) is 76.5 Å². The van der Waals surface area contributed by atoms with E-state index in [4.69, 9.17) is 0 Å². The Morgan fingerprint density at radius 2 is 1.48 bits per heavy atom. The van der Waals surface area contributed by atoms with E-state index in [2.05, 4.69) is 47.2 Å². The second-order valence-corrected chi connectivity index (χ2v) is 6.08. The van der Waals surface area contributed by atoms with Crippen molar-refractivity contribution in [2.75, 3.05) is 0 Å².